The largest absolute Gasteiger partial charge is 0.493 e. The maximum absolute atomic E-state index is 10.6. The van der Waals surface area contributed by atoms with Crippen LogP contribution in [-0.4, -0.2) is 25.1 Å². The fourth-order valence-electron chi connectivity index (χ4n) is 1.77. The molecule has 1 atom stereocenters. The summed E-state index contributed by atoms with van der Waals surface area (Å²) in [6.45, 7) is 5.59. The average Bonchev–Trinajstić information content (AvgIpc) is 2.31. The Bertz CT molecular complexity index is 363. The van der Waals surface area contributed by atoms with Gasteiger partial charge in [-0.1, -0.05) is 19.1 Å². The Morgan fingerprint density at radius 3 is 2.61 bits per heavy atom. The standard InChI is InChI=1S/C14H22N2O2/c1-3-16-11(2)10-12-4-6-13(7-5-12)18-9-8-14(15)17/h4-7,11,16H,3,8-10H2,1-2H3,(H2,15,17). The van der Waals surface area contributed by atoms with E-state index in [4.69, 9.17) is 10.5 Å². The molecule has 1 amide bonds. The minimum Gasteiger partial charge on any atom is -0.493 e. The second kappa shape index (κ2) is 7.71. The highest BCUT2D eigenvalue weighted by Crippen LogP contribution is 2.13. The zero-order valence-electron chi connectivity index (χ0n) is 11.1. The molecule has 0 bridgehead atoms. The molecular formula is C14H22N2O2. The predicted octanol–water partition coefficient (Wildman–Crippen LogP) is 1.48. The summed E-state index contributed by atoms with van der Waals surface area (Å²) < 4.78 is 5.41. The van der Waals surface area contributed by atoms with Crippen molar-refractivity contribution < 1.29 is 9.53 Å². The molecular weight excluding hydrogens is 228 g/mol. The minimum absolute atomic E-state index is 0.249. The smallest absolute Gasteiger partial charge is 0.220 e. The summed E-state index contributed by atoms with van der Waals surface area (Å²) in [5, 5.41) is 3.37. The zero-order chi connectivity index (χ0) is 13.4. The molecule has 0 saturated heterocycles. The highest BCUT2D eigenvalue weighted by molar-refractivity contribution is 5.73. The second-order valence-corrected chi connectivity index (χ2v) is 4.37. The van der Waals surface area contributed by atoms with E-state index in [1.807, 2.05) is 24.3 Å². The molecule has 18 heavy (non-hydrogen) atoms. The lowest BCUT2D eigenvalue weighted by molar-refractivity contribution is -0.118. The Kier molecular flexibility index (Phi) is 6.22. The Hall–Kier alpha value is -1.55. The number of carbonyl (C=O) groups is 1. The molecule has 0 aliphatic rings. The van der Waals surface area contributed by atoms with E-state index >= 15 is 0 Å². The minimum atomic E-state index is -0.342. The van der Waals surface area contributed by atoms with E-state index in [-0.39, 0.29) is 12.3 Å². The Labute approximate surface area is 109 Å². The van der Waals surface area contributed by atoms with Gasteiger partial charge in [-0.3, -0.25) is 4.79 Å². The maximum Gasteiger partial charge on any atom is 0.220 e. The van der Waals surface area contributed by atoms with Gasteiger partial charge in [-0.2, -0.15) is 0 Å². The van der Waals surface area contributed by atoms with Gasteiger partial charge in [-0.05, 0) is 37.6 Å². The van der Waals surface area contributed by atoms with E-state index in [1.165, 1.54) is 5.56 Å². The first-order valence-corrected chi connectivity index (χ1v) is 6.35. The number of carbonyl (C=O) groups excluding carboxylic acids is 1. The van der Waals surface area contributed by atoms with Gasteiger partial charge in [0.05, 0.1) is 13.0 Å². The van der Waals surface area contributed by atoms with E-state index in [1.54, 1.807) is 0 Å². The van der Waals surface area contributed by atoms with Crippen LogP contribution >= 0.6 is 0 Å². The molecule has 1 rings (SSSR count). The van der Waals surface area contributed by atoms with Crippen LogP contribution in [0.4, 0.5) is 0 Å². The molecule has 0 saturated carbocycles. The van der Waals surface area contributed by atoms with Crippen LogP contribution in [0, 0.1) is 0 Å². The quantitative estimate of drug-likeness (QED) is 0.734. The van der Waals surface area contributed by atoms with Crippen molar-refractivity contribution in [2.24, 2.45) is 5.73 Å². The monoisotopic (exact) mass is 250 g/mol. The van der Waals surface area contributed by atoms with Gasteiger partial charge < -0.3 is 15.8 Å². The molecule has 0 spiro atoms. The van der Waals surface area contributed by atoms with E-state index < -0.39 is 0 Å². The molecule has 1 unspecified atom stereocenters. The fourth-order valence-corrected chi connectivity index (χ4v) is 1.77. The molecule has 1 aromatic rings. The summed E-state index contributed by atoms with van der Waals surface area (Å²) in [6.07, 6.45) is 1.24. The van der Waals surface area contributed by atoms with E-state index in [0.29, 0.717) is 12.6 Å². The zero-order valence-corrected chi connectivity index (χ0v) is 11.1. The summed E-state index contributed by atoms with van der Waals surface area (Å²) in [4.78, 5) is 10.6. The number of benzene rings is 1. The van der Waals surface area contributed by atoms with Crippen LogP contribution in [0.5, 0.6) is 5.75 Å². The molecule has 4 nitrogen and oxygen atoms in total. The molecule has 100 valence electrons. The summed E-state index contributed by atoms with van der Waals surface area (Å²) in [7, 11) is 0. The molecule has 0 aliphatic heterocycles. The van der Waals surface area contributed by atoms with Crippen LogP contribution in [-0.2, 0) is 11.2 Å². The van der Waals surface area contributed by atoms with Gasteiger partial charge in [-0.25, -0.2) is 0 Å². The maximum atomic E-state index is 10.6. The molecule has 4 heteroatoms. The van der Waals surface area contributed by atoms with E-state index in [2.05, 4.69) is 19.2 Å². The number of likely N-dealkylation sites (N-methyl/N-ethyl adjacent to an activating group) is 1. The topological polar surface area (TPSA) is 64.3 Å². The Morgan fingerprint density at radius 1 is 1.39 bits per heavy atom. The third-order valence-corrected chi connectivity index (χ3v) is 2.64. The van der Waals surface area contributed by atoms with Gasteiger partial charge in [0, 0.05) is 6.04 Å². The number of rotatable bonds is 8. The SMILES string of the molecule is CCNC(C)Cc1ccc(OCCC(N)=O)cc1. The summed E-state index contributed by atoms with van der Waals surface area (Å²) in [5.74, 6) is 0.433. The molecule has 0 radical (unpaired) electrons. The van der Waals surface area contributed by atoms with Crippen LogP contribution in [0.2, 0.25) is 0 Å². The van der Waals surface area contributed by atoms with Crippen LogP contribution < -0.4 is 15.8 Å². The van der Waals surface area contributed by atoms with Crippen molar-refractivity contribution in [2.75, 3.05) is 13.2 Å². The lowest BCUT2D eigenvalue weighted by Crippen LogP contribution is -2.27. The van der Waals surface area contributed by atoms with E-state index in [0.717, 1.165) is 18.7 Å². The lowest BCUT2D eigenvalue weighted by atomic mass is 10.1. The van der Waals surface area contributed by atoms with E-state index in [9.17, 15) is 4.79 Å². The van der Waals surface area contributed by atoms with Gasteiger partial charge >= 0.3 is 0 Å². The number of ether oxygens (including phenoxy) is 1. The Morgan fingerprint density at radius 2 is 2.06 bits per heavy atom. The molecule has 0 aromatic heterocycles. The van der Waals surface area contributed by atoms with Gasteiger partial charge in [0.25, 0.3) is 0 Å². The third-order valence-electron chi connectivity index (χ3n) is 2.64. The normalized spacial score (nSPS) is 12.1. The number of amides is 1. The first kappa shape index (κ1) is 14.5. The highest BCUT2D eigenvalue weighted by Gasteiger charge is 2.02. The van der Waals surface area contributed by atoms with Gasteiger partial charge in [0.1, 0.15) is 5.75 Å². The molecule has 3 N–H and O–H groups in total. The van der Waals surface area contributed by atoms with Crippen LogP contribution in [0.3, 0.4) is 0 Å². The van der Waals surface area contributed by atoms with Gasteiger partial charge in [-0.15, -0.1) is 0 Å². The van der Waals surface area contributed by atoms with Crippen molar-refractivity contribution in [3.05, 3.63) is 29.8 Å². The first-order chi connectivity index (χ1) is 8.61. The average molecular weight is 250 g/mol. The summed E-state index contributed by atoms with van der Waals surface area (Å²) >= 11 is 0. The molecule has 0 aliphatic carbocycles. The summed E-state index contributed by atoms with van der Waals surface area (Å²) in [5.41, 5.74) is 6.31. The third kappa shape index (κ3) is 5.68. The van der Waals surface area contributed by atoms with Crippen molar-refractivity contribution in [3.8, 4) is 5.75 Å². The van der Waals surface area contributed by atoms with Crippen molar-refractivity contribution in [2.45, 2.75) is 32.7 Å². The van der Waals surface area contributed by atoms with Crippen LogP contribution in [0.25, 0.3) is 0 Å². The number of hydrogen-bond donors (Lipinski definition) is 2. The number of hydrogen-bond acceptors (Lipinski definition) is 3. The Balaban J connectivity index is 2.39. The molecule has 1 aromatic carbocycles. The molecule has 0 heterocycles. The fraction of sp³-hybridized carbons (Fsp3) is 0.500. The first-order valence-electron chi connectivity index (χ1n) is 6.35. The highest BCUT2D eigenvalue weighted by atomic mass is 16.5. The van der Waals surface area contributed by atoms with Crippen molar-refractivity contribution >= 4 is 5.91 Å². The summed E-state index contributed by atoms with van der Waals surface area (Å²) in [6, 6.07) is 8.42. The molecule has 0 fully saturated rings. The number of nitrogens with two attached hydrogens (primary N) is 1. The van der Waals surface area contributed by atoms with Crippen LogP contribution in [0.1, 0.15) is 25.8 Å². The van der Waals surface area contributed by atoms with Crippen LogP contribution in [0.15, 0.2) is 24.3 Å². The number of primary amides is 1. The van der Waals surface area contributed by atoms with Crippen molar-refractivity contribution in [1.29, 1.82) is 0 Å². The van der Waals surface area contributed by atoms with Crippen molar-refractivity contribution in [1.82, 2.24) is 5.32 Å². The predicted molar refractivity (Wildman–Crippen MR) is 72.6 cm³/mol. The van der Waals surface area contributed by atoms with Gasteiger partial charge in [0.15, 0.2) is 0 Å². The number of nitrogens with one attached hydrogen (secondary N) is 1. The van der Waals surface area contributed by atoms with Gasteiger partial charge in [0.2, 0.25) is 5.91 Å². The lowest BCUT2D eigenvalue weighted by Gasteiger charge is -2.12. The second-order valence-electron chi connectivity index (χ2n) is 4.37. The van der Waals surface area contributed by atoms with Crippen molar-refractivity contribution in [3.63, 3.8) is 0 Å².